The minimum atomic E-state index is 0.548. The van der Waals surface area contributed by atoms with Crippen molar-refractivity contribution in [1.29, 1.82) is 0 Å². The Morgan fingerprint density at radius 2 is 2.05 bits per heavy atom. The molecule has 19 heavy (non-hydrogen) atoms. The van der Waals surface area contributed by atoms with E-state index >= 15 is 0 Å². The average Bonchev–Trinajstić information content (AvgIpc) is 2.39. The van der Waals surface area contributed by atoms with Crippen molar-refractivity contribution in [2.45, 2.75) is 26.7 Å². The number of aromatic nitrogens is 3. The summed E-state index contributed by atoms with van der Waals surface area (Å²) in [7, 11) is 1.59. The molecule has 0 aliphatic carbocycles. The van der Waals surface area contributed by atoms with Crippen molar-refractivity contribution in [3.05, 3.63) is 46.1 Å². The number of aryl methyl sites for hydroxylation is 1. The van der Waals surface area contributed by atoms with Crippen LogP contribution in [0.3, 0.4) is 0 Å². The Hall–Kier alpha value is -1.68. The molecule has 0 atom stereocenters. The molecule has 5 heteroatoms. The second-order valence-electron chi connectivity index (χ2n) is 4.23. The minimum absolute atomic E-state index is 0.548. The van der Waals surface area contributed by atoms with Crippen molar-refractivity contribution < 1.29 is 4.74 Å². The van der Waals surface area contributed by atoms with E-state index in [1.54, 1.807) is 13.3 Å². The summed E-state index contributed by atoms with van der Waals surface area (Å²) in [4.78, 5) is 13.0. The minimum Gasteiger partial charge on any atom is -0.481 e. The van der Waals surface area contributed by atoms with E-state index in [9.17, 15) is 0 Å². The summed E-state index contributed by atoms with van der Waals surface area (Å²) >= 11 is 6.16. The molecule has 0 bridgehead atoms. The lowest BCUT2D eigenvalue weighted by Crippen LogP contribution is -2.03. The molecule has 2 rings (SSSR count). The Bertz CT molecular complexity index is 546. The first-order valence-electron chi connectivity index (χ1n) is 6.14. The van der Waals surface area contributed by atoms with Crippen molar-refractivity contribution in [1.82, 2.24) is 15.0 Å². The SMILES string of the molecule is CCc1c(C)nc(Cc2ccc(OC)nc2)nc1Cl. The topological polar surface area (TPSA) is 47.9 Å². The number of rotatable bonds is 4. The van der Waals surface area contributed by atoms with Crippen LogP contribution in [0, 0.1) is 6.92 Å². The Labute approximate surface area is 117 Å². The van der Waals surface area contributed by atoms with Gasteiger partial charge in [-0.2, -0.15) is 0 Å². The lowest BCUT2D eigenvalue weighted by molar-refractivity contribution is 0.397. The maximum absolute atomic E-state index is 6.16. The molecule has 2 heterocycles. The molecule has 2 aromatic rings. The smallest absolute Gasteiger partial charge is 0.212 e. The normalized spacial score (nSPS) is 10.5. The highest BCUT2D eigenvalue weighted by Gasteiger charge is 2.09. The van der Waals surface area contributed by atoms with Gasteiger partial charge in [-0.3, -0.25) is 0 Å². The fraction of sp³-hybridized carbons (Fsp3) is 0.357. The standard InChI is InChI=1S/C14H16ClN3O/c1-4-11-9(2)17-12(18-14(11)15)7-10-5-6-13(19-3)16-8-10/h5-6,8H,4,7H2,1-3H3. The second-order valence-corrected chi connectivity index (χ2v) is 4.59. The predicted molar refractivity (Wildman–Crippen MR) is 74.8 cm³/mol. The van der Waals surface area contributed by atoms with Crippen LogP contribution in [0.5, 0.6) is 5.88 Å². The summed E-state index contributed by atoms with van der Waals surface area (Å²) in [5, 5.41) is 0.548. The number of pyridine rings is 1. The van der Waals surface area contributed by atoms with Gasteiger partial charge in [0, 0.05) is 29.9 Å². The Morgan fingerprint density at radius 1 is 1.26 bits per heavy atom. The largest absolute Gasteiger partial charge is 0.481 e. The maximum atomic E-state index is 6.16. The number of halogens is 1. The van der Waals surface area contributed by atoms with Crippen molar-refractivity contribution in [2.24, 2.45) is 0 Å². The molecule has 0 amide bonds. The summed E-state index contributed by atoms with van der Waals surface area (Å²) < 4.78 is 5.02. The van der Waals surface area contributed by atoms with Crippen LogP contribution in [0.15, 0.2) is 18.3 Å². The molecule has 0 aliphatic rings. The summed E-state index contributed by atoms with van der Waals surface area (Å²) in [6, 6.07) is 3.77. The van der Waals surface area contributed by atoms with Gasteiger partial charge in [0.05, 0.1) is 7.11 Å². The Kier molecular flexibility index (Phi) is 4.32. The predicted octanol–water partition coefficient (Wildman–Crippen LogP) is 3.00. The van der Waals surface area contributed by atoms with Gasteiger partial charge < -0.3 is 4.74 Å². The zero-order valence-electron chi connectivity index (χ0n) is 11.3. The first-order valence-corrected chi connectivity index (χ1v) is 6.52. The summed E-state index contributed by atoms with van der Waals surface area (Å²) in [5.74, 6) is 1.31. The van der Waals surface area contributed by atoms with E-state index < -0.39 is 0 Å². The van der Waals surface area contributed by atoms with Crippen LogP contribution < -0.4 is 4.74 Å². The third kappa shape index (κ3) is 3.20. The monoisotopic (exact) mass is 277 g/mol. The average molecular weight is 278 g/mol. The molecule has 0 aliphatic heterocycles. The second kappa shape index (κ2) is 5.97. The number of hydrogen-bond acceptors (Lipinski definition) is 4. The van der Waals surface area contributed by atoms with Crippen LogP contribution >= 0.6 is 11.6 Å². The van der Waals surface area contributed by atoms with Gasteiger partial charge in [-0.25, -0.2) is 15.0 Å². The maximum Gasteiger partial charge on any atom is 0.212 e. The van der Waals surface area contributed by atoms with Gasteiger partial charge in [0.2, 0.25) is 5.88 Å². The van der Waals surface area contributed by atoms with E-state index in [0.29, 0.717) is 23.3 Å². The molecule has 0 N–H and O–H groups in total. The fourth-order valence-electron chi connectivity index (χ4n) is 1.92. The molecule has 0 saturated heterocycles. The van der Waals surface area contributed by atoms with Crippen LogP contribution in [-0.4, -0.2) is 22.1 Å². The number of methoxy groups -OCH3 is 1. The van der Waals surface area contributed by atoms with E-state index in [2.05, 4.69) is 15.0 Å². The zero-order valence-corrected chi connectivity index (χ0v) is 12.0. The van der Waals surface area contributed by atoms with Crippen molar-refractivity contribution in [3.8, 4) is 5.88 Å². The van der Waals surface area contributed by atoms with Gasteiger partial charge >= 0.3 is 0 Å². The van der Waals surface area contributed by atoms with Gasteiger partial charge in [0.15, 0.2) is 0 Å². The third-order valence-corrected chi connectivity index (χ3v) is 3.24. The van der Waals surface area contributed by atoms with E-state index in [1.807, 2.05) is 26.0 Å². The van der Waals surface area contributed by atoms with E-state index in [1.165, 1.54) is 0 Å². The summed E-state index contributed by atoms with van der Waals surface area (Å²) in [6.07, 6.45) is 3.22. The zero-order chi connectivity index (χ0) is 13.8. The molecule has 2 aromatic heterocycles. The van der Waals surface area contributed by atoms with E-state index in [0.717, 1.165) is 23.2 Å². The van der Waals surface area contributed by atoms with Crippen molar-refractivity contribution >= 4 is 11.6 Å². The first kappa shape index (κ1) is 13.7. The van der Waals surface area contributed by atoms with Gasteiger partial charge in [0.1, 0.15) is 11.0 Å². The molecule has 100 valence electrons. The highest BCUT2D eigenvalue weighted by Crippen LogP contribution is 2.18. The van der Waals surface area contributed by atoms with Gasteiger partial charge in [-0.15, -0.1) is 0 Å². The van der Waals surface area contributed by atoms with Crippen molar-refractivity contribution in [2.75, 3.05) is 7.11 Å². The van der Waals surface area contributed by atoms with E-state index in [-0.39, 0.29) is 0 Å². The highest BCUT2D eigenvalue weighted by molar-refractivity contribution is 6.30. The number of nitrogens with zero attached hydrogens (tertiary/aromatic N) is 3. The summed E-state index contributed by atoms with van der Waals surface area (Å²) in [6.45, 7) is 4.01. The molecule has 0 aromatic carbocycles. The first-order chi connectivity index (χ1) is 9.13. The molecular weight excluding hydrogens is 262 g/mol. The summed E-state index contributed by atoms with van der Waals surface area (Å²) in [5.41, 5.74) is 2.98. The van der Waals surface area contributed by atoms with Gasteiger partial charge in [0.25, 0.3) is 0 Å². The van der Waals surface area contributed by atoms with Crippen LogP contribution in [0.1, 0.15) is 29.6 Å². The van der Waals surface area contributed by atoms with E-state index in [4.69, 9.17) is 16.3 Å². The van der Waals surface area contributed by atoms with Crippen molar-refractivity contribution in [3.63, 3.8) is 0 Å². The Balaban J connectivity index is 2.23. The fourth-order valence-corrected chi connectivity index (χ4v) is 2.28. The lowest BCUT2D eigenvalue weighted by atomic mass is 10.1. The van der Waals surface area contributed by atoms with Crippen LogP contribution in [0.2, 0.25) is 5.15 Å². The van der Waals surface area contributed by atoms with Crippen LogP contribution in [0.25, 0.3) is 0 Å². The van der Waals surface area contributed by atoms with Crippen LogP contribution in [0.4, 0.5) is 0 Å². The lowest BCUT2D eigenvalue weighted by Gasteiger charge is -2.08. The van der Waals surface area contributed by atoms with Crippen LogP contribution in [-0.2, 0) is 12.8 Å². The molecule has 0 radical (unpaired) electrons. The Morgan fingerprint density at radius 3 is 2.58 bits per heavy atom. The molecule has 0 unspecified atom stereocenters. The van der Waals surface area contributed by atoms with Gasteiger partial charge in [-0.05, 0) is 18.9 Å². The number of ether oxygens (including phenoxy) is 1. The highest BCUT2D eigenvalue weighted by atomic mass is 35.5. The molecule has 0 saturated carbocycles. The quantitative estimate of drug-likeness (QED) is 0.806. The third-order valence-electron chi connectivity index (χ3n) is 2.93. The number of hydrogen-bond donors (Lipinski definition) is 0. The molecule has 0 spiro atoms. The van der Waals surface area contributed by atoms with Gasteiger partial charge in [-0.1, -0.05) is 24.6 Å². The molecular formula is C14H16ClN3O. The molecule has 4 nitrogen and oxygen atoms in total. The molecule has 0 fully saturated rings.